The Balaban J connectivity index is -0.000000262. The predicted octanol–water partition coefficient (Wildman–Crippen LogP) is 8.62. The first-order valence-corrected chi connectivity index (χ1v) is 15.0. The van der Waals surface area contributed by atoms with Gasteiger partial charge in [-0.25, -0.2) is 0 Å². The molecule has 0 bridgehead atoms. The van der Waals surface area contributed by atoms with Crippen molar-refractivity contribution in [1.82, 2.24) is 14.7 Å². The van der Waals surface area contributed by atoms with Crippen LogP contribution >= 0.6 is 0 Å². The van der Waals surface area contributed by atoms with Gasteiger partial charge in [0.25, 0.3) is 0 Å². The van der Waals surface area contributed by atoms with E-state index in [1.165, 1.54) is 0 Å². The molecule has 43 heavy (non-hydrogen) atoms. The Labute approximate surface area is 297 Å². The van der Waals surface area contributed by atoms with Gasteiger partial charge in [-0.15, -0.1) is 0 Å². The fraction of sp³-hybridized carbons (Fsp3) is 0.909. The van der Waals surface area contributed by atoms with Crippen LogP contribution in [0.5, 0.6) is 0 Å². The summed E-state index contributed by atoms with van der Waals surface area (Å²) < 4.78 is 0. The van der Waals surface area contributed by atoms with Gasteiger partial charge in [-0.2, -0.15) is 0 Å². The number of guanidine groups is 3. The van der Waals surface area contributed by atoms with Crippen LogP contribution in [0, 0.1) is 35.6 Å². The summed E-state index contributed by atoms with van der Waals surface area (Å²) in [5.41, 5.74) is 0.206. The zero-order chi connectivity index (χ0) is 34.7. The van der Waals surface area contributed by atoms with Gasteiger partial charge in [-0.1, -0.05) is 125 Å². The van der Waals surface area contributed by atoms with Crippen molar-refractivity contribution in [2.24, 2.45) is 15.0 Å². The second kappa shape index (κ2) is 18.8. The Morgan fingerprint density at radius 3 is 0.488 bits per heavy atom. The maximum absolute atomic E-state index is 4.22. The molecule has 0 aromatic heterocycles. The van der Waals surface area contributed by atoms with Crippen LogP contribution in [-0.2, 0) is 0 Å². The third-order valence-electron chi connectivity index (χ3n) is 5.82. The van der Waals surface area contributed by atoms with E-state index >= 15 is 0 Å². The average Bonchev–Trinajstić information content (AvgIpc) is 2.74. The number of aliphatic imine (C=N–C) groups is 3. The first-order valence-electron chi connectivity index (χ1n) is 15.0. The molecule has 0 atom stereocenters. The van der Waals surface area contributed by atoms with Crippen molar-refractivity contribution in [3.63, 3.8) is 0 Å². The summed E-state index contributed by atoms with van der Waals surface area (Å²) in [6, 6.07) is 0. The molecule has 0 aliphatic heterocycles. The first kappa shape index (κ1) is 48.9. The van der Waals surface area contributed by atoms with E-state index in [0.29, 0.717) is 0 Å². The van der Waals surface area contributed by atoms with Gasteiger partial charge in [-0.05, 0) is 75.5 Å². The topological polar surface area (TPSA) is 89.1 Å². The van der Waals surface area contributed by atoms with E-state index in [1.807, 2.05) is 0 Å². The predicted molar refractivity (Wildman–Crippen MR) is 192 cm³/mol. The molecule has 0 aromatic rings. The van der Waals surface area contributed by atoms with Gasteiger partial charge >= 0.3 is 35.6 Å². The molecule has 0 saturated carbocycles. The Morgan fingerprint density at radius 1 is 0.349 bits per heavy atom. The minimum atomic E-state index is 0. The molecule has 0 N–H and O–H groups in total. The SMILES string of the molecule is CN=C([N-]C)N(C(C)(C)C)C(C)(C)C.CN=C([N-]C)N(C(C)(C)C)C(C)(C)C.CN=C([N-]C)N(C(C)(C)C)C(C)(C)C.[La+3]. The van der Waals surface area contributed by atoms with Gasteiger partial charge < -0.3 is 45.6 Å². The minimum absolute atomic E-state index is 0. The summed E-state index contributed by atoms with van der Waals surface area (Å²) in [5.74, 6) is 2.43. The molecular weight excluding hydrogens is 661 g/mol. The van der Waals surface area contributed by atoms with Crippen LogP contribution in [0.3, 0.4) is 0 Å². The molecular formula is C33H72LaN9. The van der Waals surface area contributed by atoms with Crippen molar-refractivity contribution in [2.45, 2.75) is 158 Å². The molecule has 9 nitrogen and oxygen atoms in total. The Kier molecular flexibility index (Phi) is 21.4. The van der Waals surface area contributed by atoms with Gasteiger partial charge in [0.05, 0.1) is 0 Å². The molecule has 0 heterocycles. The second-order valence-electron chi connectivity index (χ2n) is 16.3. The summed E-state index contributed by atoms with van der Waals surface area (Å²) in [7, 11) is 10.7. The van der Waals surface area contributed by atoms with E-state index in [9.17, 15) is 0 Å². The largest absolute Gasteiger partial charge is 3.00 e. The fourth-order valence-corrected chi connectivity index (χ4v) is 5.72. The van der Waals surface area contributed by atoms with Crippen LogP contribution in [-0.4, -0.2) is 108 Å². The van der Waals surface area contributed by atoms with Gasteiger partial charge in [0, 0.05) is 17.9 Å². The van der Waals surface area contributed by atoms with E-state index in [2.05, 4.69) is 170 Å². The number of hydrogen-bond donors (Lipinski definition) is 0. The summed E-state index contributed by atoms with van der Waals surface area (Å²) in [4.78, 5) is 19.4. The standard InChI is InChI=1S/3C11H24N3.La/c3*1-10(2,3)14(11(4,5)6)9(12-7)13-8;/h3*1-8H3;/q3*-1;+3. The minimum Gasteiger partial charge on any atom is -0.416 e. The maximum Gasteiger partial charge on any atom is 3.00 e. The van der Waals surface area contributed by atoms with E-state index in [1.54, 1.807) is 42.3 Å². The van der Waals surface area contributed by atoms with Crippen molar-refractivity contribution in [3.05, 3.63) is 16.0 Å². The van der Waals surface area contributed by atoms with Gasteiger partial charge in [0.15, 0.2) is 0 Å². The molecule has 0 unspecified atom stereocenters. The average molecular weight is 734 g/mol. The zero-order valence-corrected chi connectivity index (χ0v) is 36.7. The molecule has 0 aliphatic carbocycles. The molecule has 0 radical (unpaired) electrons. The zero-order valence-electron chi connectivity index (χ0n) is 33.1. The Hall–Kier alpha value is -0.995. The molecule has 10 heteroatoms. The van der Waals surface area contributed by atoms with Crippen LogP contribution in [0.1, 0.15) is 125 Å². The molecule has 0 amide bonds. The van der Waals surface area contributed by atoms with Crippen molar-refractivity contribution in [1.29, 1.82) is 0 Å². The monoisotopic (exact) mass is 733 g/mol. The second-order valence-corrected chi connectivity index (χ2v) is 16.3. The summed E-state index contributed by atoms with van der Waals surface area (Å²) in [6.45, 7) is 39.2. The number of nitrogens with zero attached hydrogens (tertiary/aromatic N) is 9. The van der Waals surface area contributed by atoms with Crippen LogP contribution in [0.4, 0.5) is 0 Å². The van der Waals surface area contributed by atoms with E-state index in [-0.39, 0.29) is 68.8 Å². The number of rotatable bonds is 0. The normalized spacial score (nSPS) is 13.8. The molecule has 0 saturated heterocycles. The van der Waals surface area contributed by atoms with Crippen LogP contribution in [0.25, 0.3) is 16.0 Å². The van der Waals surface area contributed by atoms with Gasteiger partial charge in [-0.3, -0.25) is 0 Å². The Bertz CT molecular complexity index is 696. The van der Waals surface area contributed by atoms with Crippen molar-refractivity contribution >= 4 is 17.9 Å². The third-order valence-corrected chi connectivity index (χ3v) is 5.82. The molecule has 0 fully saturated rings. The third kappa shape index (κ3) is 17.9. The summed E-state index contributed by atoms with van der Waals surface area (Å²) in [5, 5.41) is 12.6. The smallest absolute Gasteiger partial charge is 0.416 e. The fourth-order valence-electron chi connectivity index (χ4n) is 5.72. The van der Waals surface area contributed by atoms with Crippen molar-refractivity contribution < 1.29 is 35.6 Å². The van der Waals surface area contributed by atoms with Crippen molar-refractivity contribution in [3.8, 4) is 0 Å². The van der Waals surface area contributed by atoms with Gasteiger partial charge in [0.2, 0.25) is 0 Å². The van der Waals surface area contributed by atoms with E-state index < -0.39 is 0 Å². The van der Waals surface area contributed by atoms with E-state index in [0.717, 1.165) is 17.9 Å². The molecule has 0 rings (SSSR count). The molecule has 252 valence electrons. The van der Waals surface area contributed by atoms with Crippen LogP contribution in [0.15, 0.2) is 15.0 Å². The molecule has 0 aliphatic rings. The summed E-state index contributed by atoms with van der Waals surface area (Å²) >= 11 is 0. The van der Waals surface area contributed by atoms with E-state index in [4.69, 9.17) is 0 Å². The van der Waals surface area contributed by atoms with Gasteiger partial charge in [0.1, 0.15) is 0 Å². The quantitative estimate of drug-likeness (QED) is 0.185. The maximum atomic E-state index is 4.22. The summed E-state index contributed by atoms with van der Waals surface area (Å²) in [6.07, 6.45) is 0. The van der Waals surface area contributed by atoms with Crippen LogP contribution in [0.2, 0.25) is 0 Å². The van der Waals surface area contributed by atoms with Crippen LogP contribution < -0.4 is 0 Å². The Morgan fingerprint density at radius 2 is 0.465 bits per heavy atom. The molecule has 0 aromatic carbocycles. The van der Waals surface area contributed by atoms with Crippen molar-refractivity contribution in [2.75, 3.05) is 42.3 Å². The molecule has 0 spiro atoms. The number of hydrogen-bond acceptors (Lipinski definition) is 3. The first-order chi connectivity index (χ1) is 18.4.